The summed E-state index contributed by atoms with van der Waals surface area (Å²) in [7, 11) is 0. The van der Waals surface area contributed by atoms with Gasteiger partial charge in [-0.2, -0.15) is 9.98 Å². The summed E-state index contributed by atoms with van der Waals surface area (Å²) in [6, 6.07) is 11.7. The van der Waals surface area contributed by atoms with Crippen molar-refractivity contribution in [1.82, 2.24) is 0 Å². The molecule has 0 aliphatic carbocycles. The van der Waals surface area contributed by atoms with Crippen molar-refractivity contribution < 1.29 is 8.50 Å². The van der Waals surface area contributed by atoms with Gasteiger partial charge in [-0.3, -0.25) is 0 Å². The van der Waals surface area contributed by atoms with E-state index in [1.807, 2.05) is 12.1 Å². The first-order valence-electron chi connectivity index (χ1n) is 7.37. The fourth-order valence-corrected chi connectivity index (χ4v) is 4.24. The van der Waals surface area contributed by atoms with E-state index < -0.39 is 9.93 Å². The van der Waals surface area contributed by atoms with Gasteiger partial charge < -0.3 is 0 Å². The number of guanidine groups is 1. The first-order chi connectivity index (χ1) is 12.5. The zero-order chi connectivity index (χ0) is 18.3. The molecule has 1 atom stereocenters. The average Bonchev–Trinajstić information content (AvgIpc) is 3.00. The highest BCUT2D eigenvalue weighted by Gasteiger charge is 2.48. The minimum absolute atomic E-state index is 0.216. The van der Waals surface area contributed by atoms with Crippen LogP contribution in [0.5, 0.6) is 0 Å². The quantitative estimate of drug-likeness (QED) is 0.558. The van der Waals surface area contributed by atoms with E-state index in [9.17, 15) is 4.39 Å². The summed E-state index contributed by atoms with van der Waals surface area (Å²) in [4.78, 5) is 9.16. The molecule has 130 valence electrons. The van der Waals surface area contributed by atoms with Crippen molar-refractivity contribution in [3.05, 3.63) is 68.9 Å². The molecule has 4 nitrogen and oxygen atoms in total. The predicted molar refractivity (Wildman–Crippen MR) is 106 cm³/mol. The molecule has 0 N–H and O–H groups in total. The normalized spacial score (nSPS) is 21.2. The van der Waals surface area contributed by atoms with Gasteiger partial charge in [-0.1, -0.05) is 29.3 Å². The van der Waals surface area contributed by atoms with Crippen LogP contribution >= 0.6 is 46.7 Å². The highest BCUT2D eigenvalue weighted by Crippen LogP contribution is 2.46. The number of quaternary nitrogens is 1. The molecule has 26 heavy (non-hydrogen) atoms. The van der Waals surface area contributed by atoms with Crippen LogP contribution in [-0.2, 0) is 0 Å². The van der Waals surface area contributed by atoms with Crippen LogP contribution in [0.3, 0.4) is 0 Å². The van der Waals surface area contributed by atoms with Crippen molar-refractivity contribution in [3.8, 4) is 0 Å². The highest BCUT2D eigenvalue weighted by atomic mass is 35.5. The molecular formula is C17H9Cl3FN4S+. The highest BCUT2D eigenvalue weighted by molar-refractivity contribution is 8.03. The summed E-state index contributed by atoms with van der Waals surface area (Å²) >= 11 is 20.2. The third-order valence-corrected chi connectivity index (χ3v) is 5.98. The van der Waals surface area contributed by atoms with Gasteiger partial charge in [-0.25, -0.2) is 4.39 Å². The molecule has 0 radical (unpaired) electrons. The lowest BCUT2D eigenvalue weighted by atomic mass is 10.1. The number of thioether (sulfide) groups is 1. The van der Waals surface area contributed by atoms with Gasteiger partial charge in [0.05, 0.1) is 10.6 Å². The van der Waals surface area contributed by atoms with Crippen LogP contribution in [0.2, 0.25) is 10.0 Å². The minimum Gasteiger partial charge on any atom is -0.206 e. The molecule has 2 aromatic carbocycles. The summed E-state index contributed by atoms with van der Waals surface area (Å²) in [5.74, 6) is -0.195. The molecule has 0 saturated heterocycles. The molecule has 2 aromatic rings. The summed E-state index contributed by atoms with van der Waals surface area (Å²) < 4.78 is 14.0. The van der Waals surface area contributed by atoms with E-state index in [0.29, 0.717) is 15.6 Å². The molecule has 0 spiro atoms. The van der Waals surface area contributed by atoms with Crippen LogP contribution in [0.1, 0.15) is 5.56 Å². The number of allylic oxidation sites excluding steroid dienone is 1. The van der Waals surface area contributed by atoms with Crippen molar-refractivity contribution in [3.63, 3.8) is 0 Å². The zero-order valence-electron chi connectivity index (χ0n) is 12.9. The SMILES string of the molecule is Fc1cccc(Cl)c1C1=C(Sc2ccc(Cl)cc2)[N+]2(Cl)N=CN=C2N=C1. The maximum Gasteiger partial charge on any atom is 0.382 e. The molecule has 4 rings (SSSR count). The van der Waals surface area contributed by atoms with Gasteiger partial charge in [0.25, 0.3) is 0 Å². The van der Waals surface area contributed by atoms with E-state index >= 15 is 0 Å². The van der Waals surface area contributed by atoms with Gasteiger partial charge in [-0.05, 0) is 53.3 Å². The van der Waals surface area contributed by atoms with E-state index in [0.717, 1.165) is 4.90 Å². The van der Waals surface area contributed by atoms with Crippen LogP contribution in [-0.4, -0.2) is 22.6 Å². The number of aliphatic imine (C=N–C) groups is 2. The second-order valence-electron chi connectivity index (χ2n) is 5.35. The molecule has 0 amide bonds. The number of benzene rings is 2. The summed E-state index contributed by atoms with van der Waals surface area (Å²) in [5, 5.41) is 5.60. The number of rotatable bonds is 3. The van der Waals surface area contributed by atoms with Gasteiger partial charge in [-0.15, -0.1) is 0 Å². The molecule has 2 heterocycles. The van der Waals surface area contributed by atoms with Crippen molar-refractivity contribution >= 4 is 70.8 Å². The Bertz CT molecular complexity index is 997. The molecule has 9 heteroatoms. The Morgan fingerprint density at radius 1 is 1.04 bits per heavy atom. The third kappa shape index (κ3) is 2.98. The molecule has 0 saturated carbocycles. The van der Waals surface area contributed by atoms with Crippen molar-refractivity contribution in [1.29, 1.82) is 0 Å². The number of halogens is 4. The molecule has 0 fully saturated rings. The fraction of sp³-hybridized carbons (Fsp3) is 0. The van der Waals surface area contributed by atoms with Crippen LogP contribution < -0.4 is 0 Å². The topological polar surface area (TPSA) is 37.1 Å². The monoisotopic (exact) mass is 425 g/mol. The van der Waals surface area contributed by atoms with Gasteiger partial charge in [0, 0.05) is 25.8 Å². The molecule has 1 unspecified atom stereocenters. The molecule has 2 aliphatic heterocycles. The Labute approximate surface area is 168 Å². The van der Waals surface area contributed by atoms with Crippen LogP contribution in [0.25, 0.3) is 5.57 Å². The van der Waals surface area contributed by atoms with Gasteiger partial charge in [0.1, 0.15) is 5.82 Å². The molecule has 0 bridgehead atoms. The Hall–Kier alpha value is -1.70. The summed E-state index contributed by atoms with van der Waals surface area (Å²) in [5.41, 5.74) is 0.662. The number of nitrogens with zero attached hydrogens (tertiary/aromatic N) is 4. The van der Waals surface area contributed by atoms with Crippen molar-refractivity contribution in [2.45, 2.75) is 4.90 Å². The number of hydrogen-bond donors (Lipinski definition) is 0. The lowest BCUT2D eigenvalue weighted by molar-refractivity contribution is -0.669. The molecular weight excluding hydrogens is 418 g/mol. The fourth-order valence-electron chi connectivity index (χ4n) is 2.52. The number of fused-ring (bicyclic) bond motifs is 1. The summed E-state index contributed by atoms with van der Waals surface area (Å²) in [6.45, 7) is 0. The van der Waals surface area contributed by atoms with Crippen LogP contribution in [0.15, 0.2) is 67.5 Å². The Kier molecular flexibility index (Phi) is 4.62. The zero-order valence-corrected chi connectivity index (χ0v) is 16.0. The van der Waals surface area contributed by atoms with E-state index in [1.165, 1.54) is 30.4 Å². The Morgan fingerprint density at radius 2 is 1.81 bits per heavy atom. The van der Waals surface area contributed by atoms with E-state index in [2.05, 4.69) is 15.1 Å². The molecule has 0 aromatic heterocycles. The lowest BCUT2D eigenvalue weighted by Gasteiger charge is -2.24. The van der Waals surface area contributed by atoms with Crippen LogP contribution in [0.4, 0.5) is 4.39 Å². The lowest BCUT2D eigenvalue weighted by Crippen LogP contribution is -2.36. The molecule has 2 aliphatic rings. The van der Waals surface area contributed by atoms with Crippen LogP contribution in [0, 0.1) is 5.82 Å². The second kappa shape index (κ2) is 6.79. The first-order valence-corrected chi connectivity index (χ1v) is 9.28. The third-order valence-electron chi connectivity index (χ3n) is 3.72. The van der Waals surface area contributed by atoms with E-state index in [1.54, 1.807) is 24.3 Å². The minimum atomic E-state index is -0.524. The van der Waals surface area contributed by atoms with Gasteiger partial charge >= 0.3 is 5.96 Å². The summed E-state index contributed by atoms with van der Waals surface area (Å²) in [6.07, 6.45) is 2.84. The standard InChI is InChI=1S/C17H9Cl3FN4S/c18-10-4-6-11(7-5-10)26-16-12(15-13(19)2-1-3-14(15)21)8-22-17-23-9-24-25(16,17)20/h1-9H/q+1. The van der Waals surface area contributed by atoms with Crippen molar-refractivity contribution in [2.24, 2.45) is 15.1 Å². The number of hydrogen-bond acceptors (Lipinski definition) is 4. The second-order valence-corrected chi connectivity index (χ2v) is 7.74. The van der Waals surface area contributed by atoms with Gasteiger partial charge in [0.15, 0.2) is 6.34 Å². The predicted octanol–water partition coefficient (Wildman–Crippen LogP) is 5.96. The average molecular weight is 427 g/mol. The maximum atomic E-state index is 14.5. The van der Waals surface area contributed by atoms with Crippen molar-refractivity contribution in [2.75, 3.05) is 0 Å². The smallest absolute Gasteiger partial charge is 0.206 e. The van der Waals surface area contributed by atoms with E-state index in [-0.39, 0.29) is 16.5 Å². The van der Waals surface area contributed by atoms with E-state index in [4.69, 9.17) is 35.0 Å². The Morgan fingerprint density at radius 3 is 2.54 bits per heavy atom. The largest absolute Gasteiger partial charge is 0.382 e. The first kappa shape index (κ1) is 17.7. The maximum absolute atomic E-state index is 14.5. The van der Waals surface area contributed by atoms with Gasteiger partial charge in [0.2, 0.25) is 16.8 Å². The Balaban J connectivity index is 1.92.